The number of carbonyl (C=O) groups is 1. The predicted molar refractivity (Wildman–Crippen MR) is 81.6 cm³/mol. The van der Waals surface area contributed by atoms with E-state index in [-0.39, 0.29) is 11.6 Å². The standard InChI is InChI=1S/C16H17FN2O2/c1-9(2)10-5-3-4-6-14(10)19-15-8-12(17)11(16(20)21)7-13(15)18/h3-9,19H,18H2,1-2H3,(H,20,21). The molecule has 2 rings (SSSR count). The Balaban J connectivity index is 2.41. The monoisotopic (exact) mass is 288 g/mol. The maximum Gasteiger partial charge on any atom is 0.338 e. The molecule has 0 aliphatic rings. The fourth-order valence-electron chi connectivity index (χ4n) is 2.12. The van der Waals surface area contributed by atoms with Gasteiger partial charge >= 0.3 is 5.97 Å². The van der Waals surface area contributed by atoms with Gasteiger partial charge in [0.15, 0.2) is 0 Å². The Bertz CT molecular complexity index is 684. The Morgan fingerprint density at radius 2 is 1.90 bits per heavy atom. The molecule has 0 amide bonds. The summed E-state index contributed by atoms with van der Waals surface area (Å²) in [7, 11) is 0. The van der Waals surface area contributed by atoms with E-state index in [1.807, 2.05) is 24.3 Å². The maximum absolute atomic E-state index is 13.8. The van der Waals surface area contributed by atoms with Gasteiger partial charge in [-0.05, 0) is 23.6 Å². The van der Waals surface area contributed by atoms with Gasteiger partial charge in [0.2, 0.25) is 0 Å². The first-order valence-corrected chi connectivity index (χ1v) is 6.58. The van der Waals surface area contributed by atoms with Crippen molar-refractivity contribution in [3.05, 3.63) is 53.3 Å². The molecular formula is C16H17FN2O2. The van der Waals surface area contributed by atoms with Crippen LogP contribution in [0.25, 0.3) is 0 Å². The smallest absolute Gasteiger partial charge is 0.338 e. The zero-order chi connectivity index (χ0) is 15.6. The van der Waals surface area contributed by atoms with Crippen LogP contribution >= 0.6 is 0 Å². The second-order valence-electron chi connectivity index (χ2n) is 5.09. The number of nitrogen functional groups attached to an aromatic ring is 1. The second-order valence-corrected chi connectivity index (χ2v) is 5.09. The van der Waals surface area contributed by atoms with Gasteiger partial charge < -0.3 is 16.2 Å². The molecule has 0 fully saturated rings. The van der Waals surface area contributed by atoms with E-state index in [2.05, 4.69) is 19.2 Å². The Kier molecular flexibility index (Phi) is 4.12. The lowest BCUT2D eigenvalue weighted by Crippen LogP contribution is -2.06. The molecule has 0 saturated carbocycles. The van der Waals surface area contributed by atoms with Gasteiger partial charge in [-0.25, -0.2) is 9.18 Å². The van der Waals surface area contributed by atoms with Crippen LogP contribution < -0.4 is 11.1 Å². The van der Waals surface area contributed by atoms with Gasteiger partial charge in [0.05, 0.1) is 16.9 Å². The molecule has 2 aromatic rings. The van der Waals surface area contributed by atoms with Crippen LogP contribution in [-0.2, 0) is 0 Å². The second kappa shape index (κ2) is 5.83. The third-order valence-corrected chi connectivity index (χ3v) is 3.22. The summed E-state index contributed by atoms with van der Waals surface area (Å²) in [5.41, 5.74) is 7.80. The van der Waals surface area contributed by atoms with Crippen LogP contribution in [0.5, 0.6) is 0 Å². The first-order valence-electron chi connectivity index (χ1n) is 6.58. The van der Waals surface area contributed by atoms with E-state index >= 15 is 0 Å². The number of anilines is 3. The number of para-hydroxylation sites is 1. The molecule has 4 nitrogen and oxygen atoms in total. The van der Waals surface area contributed by atoms with Crippen LogP contribution in [-0.4, -0.2) is 11.1 Å². The lowest BCUT2D eigenvalue weighted by molar-refractivity contribution is 0.0692. The van der Waals surface area contributed by atoms with Crippen molar-refractivity contribution in [3.8, 4) is 0 Å². The van der Waals surface area contributed by atoms with Crippen molar-refractivity contribution in [1.82, 2.24) is 0 Å². The fourth-order valence-corrected chi connectivity index (χ4v) is 2.12. The van der Waals surface area contributed by atoms with Gasteiger partial charge in [0, 0.05) is 11.8 Å². The number of halogens is 1. The minimum absolute atomic E-state index is 0.187. The number of benzene rings is 2. The van der Waals surface area contributed by atoms with Crippen molar-refractivity contribution in [3.63, 3.8) is 0 Å². The highest BCUT2D eigenvalue weighted by atomic mass is 19.1. The van der Waals surface area contributed by atoms with Gasteiger partial charge in [0.25, 0.3) is 0 Å². The molecule has 21 heavy (non-hydrogen) atoms. The number of aromatic carboxylic acids is 1. The zero-order valence-electron chi connectivity index (χ0n) is 11.9. The van der Waals surface area contributed by atoms with Crippen molar-refractivity contribution in [2.45, 2.75) is 19.8 Å². The molecule has 0 aliphatic heterocycles. The summed E-state index contributed by atoms with van der Waals surface area (Å²) in [5, 5.41) is 11.9. The van der Waals surface area contributed by atoms with E-state index in [0.717, 1.165) is 23.4 Å². The van der Waals surface area contributed by atoms with Crippen LogP contribution in [0.2, 0.25) is 0 Å². The molecule has 5 heteroatoms. The third-order valence-electron chi connectivity index (χ3n) is 3.22. The summed E-state index contributed by atoms with van der Waals surface area (Å²) in [6.07, 6.45) is 0. The van der Waals surface area contributed by atoms with E-state index in [1.165, 1.54) is 0 Å². The quantitative estimate of drug-likeness (QED) is 0.744. The maximum atomic E-state index is 13.8. The summed E-state index contributed by atoms with van der Waals surface area (Å²) in [6, 6.07) is 9.88. The minimum Gasteiger partial charge on any atom is -0.478 e. The Morgan fingerprint density at radius 3 is 2.52 bits per heavy atom. The molecule has 0 atom stereocenters. The minimum atomic E-state index is -1.34. The number of hydrogen-bond acceptors (Lipinski definition) is 3. The average molecular weight is 288 g/mol. The highest BCUT2D eigenvalue weighted by Gasteiger charge is 2.15. The molecule has 0 bridgehead atoms. The first kappa shape index (κ1) is 14.8. The van der Waals surface area contributed by atoms with Crippen LogP contribution in [0, 0.1) is 5.82 Å². The summed E-state index contributed by atoms with van der Waals surface area (Å²) < 4.78 is 13.8. The van der Waals surface area contributed by atoms with Crippen molar-refractivity contribution in [2.24, 2.45) is 0 Å². The van der Waals surface area contributed by atoms with E-state index < -0.39 is 17.3 Å². The van der Waals surface area contributed by atoms with E-state index in [4.69, 9.17) is 10.8 Å². The van der Waals surface area contributed by atoms with Crippen LogP contribution in [0.15, 0.2) is 36.4 Å². The Labute approximate surface area is 122 Å². The molecule has 0 saturated heterocycles. The average Bonchev–Trinajstić information content (AvgIpc) is 2.42. The molecule has 0 spiro atoms. The first-order chi connectivity index (χ1) is 9.90. The molecule has 0 heterocycles. The number of hydrogen-bond donors (Lipinski definition) is 3. The SMILES string of the molecule is CC(C)c1ccccc1Nc1cc(F)c(C(=O)O)cc1N. The normalized spacial score (nSPS) is 10.7. The zero-order valence-corrected chi connectivity index (χ0v) is 11.9. The van der Waals surface area contributed by atoms with Crippen molar-refractivity contribution in [2.75, 3.05) is 11.1 Å². The van der Waals surface area contributed by atoms with E-state index in [1.54, 1.807) is 0 Å². The molecule has 0 unspecified atom stereocenters. The van der Waals surface area contributed by atoms with E-state index in [9.17, 15) is 9.18 Å². The molecular weight excluding hydrogens is 271 g/mol. The van der Waals surface area contributed by atoms with Gasteiger partial charge in [-0.3, -0.25) is 0 Å². The Hall–Kier alpha value is -2.56. The van der Waals surface area contributed by atoms with Crippen molar-refractivity contribution in [1.29, 1.82) is 0 Å². The number of carboxylic acids is 1. The largest absolute Gasteiger partial charge is 0.478 e. The molecule has 0 aromatic heterocycles. The summed E-state index contributed by atoms with van der Waals surface area (Å²) in [5.74, 6) is -1.87. The van der Waals surface area contributed by atoms with Gasteiger partial charge in [-0.15, -0.1) is 0 Å². The van der Waals surface area contributed by atoms with Crippen LogP contribution in [0.4, 0.5) is 21.5 Å². The van der Waals surface area contributed by atoms with E-state index in [0.29, 0.717) is 5.69 Å². The number of rotatable bonds is 4. The number of carboxylic acid groups (broad SMARTS) is 1. The topological polar surface area (TPSA) is 75.3 Å². The van der Waals surface area contributed by atoms with Gasteiger partial charge in [-0.1, -0.05) is 32.0 Å². The molecule has 0 aliphatic carbocycles. The Morgan fingerprint density at radius 1 is 1.24 bits per heavy atom. The van der Waals surface area contributed by atoms with Crippen molar-refractivity contribution < 1.29 is 14.3 Å². The fraction of sp³-hybridized carbons (Fsp3) is 0.188. The summed E-state index contributed by atoms with van der Waals surface area (Å²) in [4.78, 5) is 10.9. The van der Waals surface area contributed by atoms with Crippen molar-refractivity contribution >= 4 is 23.0 Å². The highest BCUT2D eigenvalue weighted by molar-refractivity contribution is 5.91. The predicted octanol–water partition coefficient (Wildman–Crippen LogP) is 3.97. The van der Waals surface area contributed by atoms with Gasteiger partial charge in [0.1, 0.15) is 5.82 Å². The lowest BCUT2D eigenvalue weighted by atomic mass is 10.0. The third kappa shape index (κ3) is 3.13. The lowest BCUT2D eigenvalue weighted by Gasteiger charge is -2.16. The van der Waals surface area contributed by atoms with Crippen LogP contribution in [0.3, 0.4) is 0 Å². The molecule has 0 radical (unpaired) electrons. The number of nitrogens with one attached hydrogen (secondary N) is 1. The molecule has 2 aromatic carbocycles. The molecule has 4 N–H and O–H groups in total. The number of nitrogens with two attached hydrogens (primary N) is 1. The summed E-state index contributed by atoms with van der Waals surface area (Å²) >= 11 is 0. The van der Waals surface area contributed by atoms with Gasteiger partial charge in [-0.2, -0.15) is 0 Å². The highest BCUT2D eigenvalue weighted by Crippen LogP contribution is 2.30. The molecule has 110 valence electrons. The van der Waals surface area contributed by atoms with Crippen LogP contribution in [0.1, 0.15) is 35.7 Å². The summed E-state index contributed by atoms with van der Waals surface area (Å²) in [6.45, 7) is 4.11.